The lowest BCUT2D eigenvalue weighted by Gasteiger charge is -2.34. The number of alkyl carbamates (subject to hydrolysis) is 1. The second-order valence-electron chi connectivity index (χ2n) is 7.75. The van der Waals surface area contributed by atoms with E-state index in [4.69, 9.17) is 4.74 Å². The number of nitrogens with one attached hydrogen (secondary N) is 1. The minimum Gasteiger partial charge on any atom is -0.480 e. The third kappa shape index (κ3) is 7.99. The molecule has 0 aliphatic rings. The predicted molar refractivity (Wildman–Crippen MR) is 96.1 cm³/mol. The molecule has 0 spiro atoms. The Morgan fingerprint density at radius 3 is 2.00 bits per heavy atom. The van der Waals surface area contributed by atoms with Crippen LogP contribution in [0.2, 0.25) is 0 Å². The Balaban J connectivity index is 5.06. The van der Waals surface area contributed by atoms with Gasteiger partial charge in [0.2, 0.25) is 0 Å². The largest absolute Gasteiger partial charge is 0.480 e. The van der Waals surface area contributed by atoms with E-state index >= 15 is 0 Å². The van der Waals surface area contributed by atoms with Gasteiger partial charge in [0, 0.05) is 12.6 Å². The maximum Gasteiger partial charge on any atom is 0.407 e. The second-order valence-corrected chi connectivity index (χ2v) is 7.75. The number of carboxylic acid groups (broad SMARTS) is 1. The number of amides is 1. The smallest absolute Gasteiger partial charge is 0.407 e. The number of likely N-dealkylation sites (N-methyl/N-ethyl adjacent to an activating group) is 1. The molecule has 0 radical (unpaired) electrons. The van der Waals surface area contributed by atoms with Gasteiger partial charge in [-0.25, -0.2) is 4.79 Å². The monoisotopic (exact) mass is 344 g/mol. The van der Waals surface area contributed by atoms with Crippen molar-refractivity contribution in [1.82, 2.24) is 10.2 Å². The van der Waals surface area contributed by atoms with Crippen molar-refractivity contribution in [1.29, 1.82) is 0 Å². The summed E-state index contributed by atoms with van der Waals surface area (Å²) in [5.41, 5.74) is -0.559. The lowest BCUT2D eigenvalue weighted by molar-refractivity contribution is -0.145. The molecule has 0 unspecified atom stereocenters. The summed E-state index contributed by atoms with van der Waals surface area (Å²) in [7, 11) is 1.80. The lowest BCUT2D eigenvalue weighted by Crippen LogP contribution is -2.52. The fraction of sp³-hybridized carbons (Fsp3) is 0.889. The summed E-state index contributed by atoms with van der Waals surface area (Å²) in [5, 5.41) is 12.4. The molecule has 2 N–H and O–H groups in total. The Bertz CT molecular complexity index is 406. The van der Waals surface area contributed by atoms with Gasteiger partial charge in [-0.2, -0.15) is 0 Å². The standard InChI is InChI=1S/C18H36N2O4/c1-9-12(3)14(19-17(23)24-18(5,6)7)11-20(8)15(16(21)22)13(4)10-2/h12-15H,9-11H2,1-8H3,(H,19,23)(H,21,22)/t12-,13-,14+,15-/m0/s1. The highest BCUT2D eigenvalue weighted by molar-refractivity contribution is 5.73. The van der Waals surface area contributed by atoms with Crippen molar-refractivity contribution >= 4 is 12.1 Å². The van der Waals surface area contributed by atoms with Gasteiger partial charge in [0.25, 0.3) is 0 Å². The first kappa shape index (κ1) is 22.7. The van der Waals surface area contributed by atoms with Crippen molar-refractivity contribution in [2.24, 2.45) is 11.8 Å². The van der Waals surface area contributed by atoms with Gasteiger partial charge in [0.15, 0.2) is 0 Å². The average molecular weight is 344 g/mol. The van der Waals surface area contributed by atoms with Crippen LogP contribution >= 0.6 is 0 Å². The summed E-state index contributed by atoms with van der Waals surface area (Å²) in [4.78, 5) is 25.5. The van der Waals surface area contributed by atoms with Crippen LogP contribution in [-0.4, -0.2) is 53.3 Å². The van der Waals surface area contributed by atoms with E-state index in [0.29, 0.717) is 6.54 Å². The van der Waals surface area contributed by atoms with Crippen molar-refractivity contribution in [3.05, 3.63) is 0 Å². The van der Waals surface area contributed by atoms with E-state index in [-0.39, 0.29) is 17.9 Å². The number of nitrogens with zero attached hydrogens (tertiary/aromatic N) is 1. The van der Waals surface area contributed by atoms with Gasteiger partial charge in [0.05, 0.1) is 0 Å². The van der Waals surface area contributed by atoms with Crippen LogP contribution in [0.4, 0.5) is 4.79 Å². The third-order valence-corrected chi connectivity index (χ3v) is 4.43. The van der Waals surface area contributed by atoms with Crippen LogP contribution in [0.5, 0.6) is 0 Å². The Hall–Kier alpha value is -1.30. The summed E-state index contributed by atoms with van der Waals surface area (Å²) in [6, 6.07) is -0.734. The number of hydrogen-bond donors (Lipinski definition) is 2. The van der Waals surface area contributed by atoms with Crippen LogP contribution in [0.3, 0.4) is 0 Å². The van der Waals surface area contributed by atoms with Gasteiger partial charge in [-0.15, -0.1) is 0 Å². The molecule has 6 nitrogen and oxygen atoms in total. The fourth-order valence-electron chi connectivity index (χ4n) is 2.62. The molecule has 0 bridgehead atoms. The molecule has 0 aliphatic carbocycles. The molecule has 0 rings (SSSR count). The molecule has 0 heterocycles. The Kier molecular flexibility index (Phi) is 9.33. The highest BCUT2D eigenvalue weighted by Gasteiger charge is 2.31. The van der Waals surface area contributed by atoms with Crippen LogP contribution in [0.25, 0.3) is 0 Å². The highest BCUT2D eigenvalue weighted by Crippen LogP contribution is 2.17. The topological polar surface area (TPSA) is 78.9 Å². The fourth-order valence-corrected chi connectivity index (χ4v) is 2.62. The van der Waals surface area contributed by atoms with E-state index in [1.807, 2.05) is 39.5 Å². The van der Waals surface area contributed by atoms with Crippen LogP contribution in [0.1, 0.15) is 61.3 Å². The maximum atomic E-state index is 12.1. The number of hydrogen-bond acceptors (Lipinski definition) is 4. The number of carbonyl (C=O) groups is 2. The molecule has 0 aromatic rings. The van der Waals surface area contributed by atoms with Crippen molar-refractivity contribution in [3.8, 4) is 0 Å². The first-order valence-electron chi connectivity index (χ1n) is 8.85. The zero-order valence-corrected chi connectivity index (χ0v) is 16.5. The summed E-state index contributed by atoms with van der Waals surface area (Å²) >= 11 is 0. The van der Waals surface area contributed by atoms with Gasteiger partial charge in [0.1, 0.15) is 11.6 Å². The molecular formula is C18H36N2O4. The lowest BCUT2D eigenvalue weighted by atomic mass is 9.95. The molecule has 0 saturated carbocycles. The molecule has 6 heteroatoms. The number of carboxylic acids is 1. The van der Waals surface area contributed by atoms with E-state index < -0.39 is 23.7 Å². The maximum absolute atomic E-state index is 12.1. The Labute approximate surface area is 146 Å². The highest BCUT2D eigenvalue weighted by atomic mass is 16.6. The van der Waals surface area contributed by atoms with E-state index in [1.54, 1.807) is 7.05 Å². The predicted octanol–water partition coefficient (Wildman–Crippen LogP) is 3.36. The van der Waals surface area contributed by atoms with Gasteiger partial charge in [-0.3, -0.25) is 9.69 Å². The number of rotatable bonds is 9. The van der Waals surface area contributed by atoms with Gasteiger partial charge in [-0.05, 0) is 39.7 Å². The molecule has 24 heavy (non-hydrogen) atoms. The first-order valence-corrected chi connectivity index (χ1v) is 8.85. The minimum atomic E-state index is -0.827. The molecule has 0 aliphatic heterocycles. The quantitative estimate of drug-likeness (QED) is 0.670. The van der Waals surface area contributed by atoms with Gasteiger partial charge in [-0.1, -0.05) is 40.5 Å². The van der Waals surface area contributed by atoms with E-state index in [2.05, 4.69) is 19.2 Å². The Morgan fingerprint density at radius 1 is 1.12 bits per heavy atom. The van der Waals surface area contributed by atoms with Gasteiger partial charge < -0.3 is 15.2 Å². The first-order chi connectivity index (χ1) is 10.9. The summed E-state index contributed by atoms with van der Waals surface area (Å²) in [6.07, 6.45) is 1.21. The average Bonchev–Trinajstić information content (AvgIpc) is 2.43. The zero-order chi connectivity index (χ0) is 19.1. The minimum absolute atomic E-state index is 0.0339. The summed E-state index contributed by atoms with van der Waals surface area (Å²) < 4.78 is 5.34. The van der Waals surface area contributed by atoms with Crippen LogP contribution < -0.4 is 5.32 Å². The van der Waals surface area contributed by atoms with Crippen molar-refractivity contribution in [2.75, 3.05) is 13.6 Å². The summed E-state index contributed by atoms with van der Waals surface area (Å²) in [5.74, 6) is -0.579. The molecule has 0 fully saturated rings. The van der Waals surface area contributed by atoms with E-state index in [0.717, 1.165) is 12.8 Å². The van der Waals surface area contributed by atoms with Crippen molar-refractivity contribution in [3.63, 3.8) is 0 Å². The van der Waals surface area contributed by atoms with Gasteiger partial charge >= 0.3 is 12.1 Å². The van der Waals surface area contributed by atoms with Crippen LogP contribution in [0.15, 0.2) is 0 Å². The molecule has 0 aromatic carbocycles. The van der Waals surface area contributed by atoms with Crippen molar-refractivity contribution in [2.45, 2.75) is 79.0 Å². The van der Waals surface area contributed by atoms with Crippen LogP contribution in [-0.2, 0) is 9.53 Å². The van der Waals surface area contributed by atoms with E-state index in [9.17, 15) is 14.7 Å². The zero-order valence-electron chi connectivity index (χ0n) is 16.5. The molecule has 1 amide bonds. The third-order valence-electron chi connectivity index (χ3n) is 4.43. The van der Waals surface area contributed by atoms with Crippen LogP contribution in [0, 0.1) is 11.8 Å². The van der Waals surface area contributed by atoms with Crippen molar-refractivity contribution < 1.29 is 19.4 Å². The SMILES string of the molecule is CC[C@H](C)[C@@H](C(=O)O)N(C)C[C@@H](NC(=O)OC(C)(C)C)[C@@H](C)CC. The normalized spacial score (nSPS) is 17.0. The Morgan fingerprint density at radius 2 is 1.62 bits per heavy atom. The molecule has 0 saturated heterocycles. The number of aliphatic carboxylic acids is 1. The van der Waals surface area contributed by atoms with E-state index in [1.165, 1.54) is 0 Å². The number of ether oxygens (including phenoxy) is 1. The molecule has 142 valence electrons. The molecule has 4 atom stereocenters. The summed E-state index contributed by atoms with van der Waals surface area (Å²) in [6.45, 7) is 14.0. The second kappa shape index (κ2) is 9.87. The number of carbonyl (C=O) groups excluding carboxylic acids is 1. The molecular weight excluding hydrogens is 308 g/mol. The molecule has 0 aromatic heterocycles.